The first kappa shape index (κ1) is 21.0. The third kappa shape index (κ3) is 4.48. The van der Waals surface area contributed by atoms with Crippen LogP contribution in [-0.2, 0) is 0 Å². The fraction of sp³-hybridized carbons (Fsp3) is 0.200. The van der Waals surface area contributed by atoms with Crippen LogP contribution in [0.3, 0.4) is 0 Å². The number of aromatic hydroxyl groups is 1. The average Bonchev–Trinajstić information content (AvgIpc) is 2.60. The van der Waals surface area contributed by atoms with Crippen LogP contribution in [0.2, 0.25) is 0 Å². The summed E-state index contributed by atoms with van der Waals surface area (Å²) < 4.78 is 0. The quantitative estimate of drug-likeness (QED) is 0.518. The van der Waals surface area contributed by atoms with E-state index in [-0.39, 0.29) is 11.5 Å². The third-order valence-corrected chi connectivity index (χ3v) is 6.28. The van der Waals surface area contributed by atoms with Crippen molar-refractivity contribution in [3.63, 3.8) is 0 Å². The fourth-order valence-electron chi connectivity index (χ4n) is 3.91. The standard InChI is InChI=1S/C25H25O3P/c1-15-9-17(3)23(18(4)10-15)25(27)24-19(5)11-16(2)12-20(24)14-29(28)22-8-6-7-21(26)13-22/h6-14,26H,1-5H3. The monoisotopic (exact) mass is 404 g/mol. The van der Waals surface area contributed by atoms with E-state index >= 15 is 0 Å². The van der Waals surface area contributed by atoms with Crippen LogP contribution in [0.1, 0.15) is 49.3 Å². The molecule has 0 saturated heterocycles. The molecule has 148 valence electrons. The highest BCUT2D eigenvalue weighted by Crippen LogP contribution is 2.26. The van der Waals surface area contributed by atoms with Crippen LogP contribution in [0, 0.1) is 34.6 Å². The summed E-state index contributed by atoms with van der Waals surface area (Å²) in [5.74, 6) is 1.65. The Kier molecular flexibility index (Phi) is 6.02. The molecule has 0 bridgehead atoms. The third-order valence-electron chi connectivity index (χ3n) is 4.98. The topological polar surface area (TPSA) is 60.4 Å². The molecule has 0 amide bonds. The largest absolute Gasteiger partial charge is 0.626 e. The molecule has 3 rings (SSSR count). The number of ketones is 1. The molecule has 1 N–H and O–H groups in total. The van der Waals surface area contributed by atoms with E-state index in [4.69, 9.17) is 0 Å². The van der Waals surface area contributed by atoms with Crippen molar-refractivity contribution in [2.45, 2.75) is 34.6 Å². The van der Waals surface area contributed by atoms with Gasteiger partial charge in [0, 0.05) is 22.8 Å². The molecular formula is C25H25O3P. The van der Waals surface area contributed by atoms with Crippen LogP contribution < -0.4 is 10.2 Å². The first-order chi connectivity index (χ1) is 13.7. The molecule has 0 saturated carbocycles. The lowest BCUT2D eigenvalue weighted by Crippen LogP contribution is -2.13. The van der Waals surface area contributed by atoms with E-state index in [9.17, 15) is 14.8 Å². The number of rotatable bonds is 4. The van der Waals surface area contributed by atoms with Crippen molar-refractivity contribution in [1.29, 1.82) is 0 Å². The Morgan fingerprint density at radius 1 is 0.862 bits per heavy atom. The van der Waals surface area contributed by atoms with E-state index in [2.05, 4.69) is 0 Å². The van der Waals surface area contributed by atoms with Crippen molar-refractivity contribution in [1.82, 2.24) is 0 Å². The van der Waals surface area contributed by atoms with Crippen molar-refractivity contribution in [2.75, 3.05) is 0 Å². The normalized spacial score (nSPS) is 11.6. The molecule has 3 aromatic rings. The minimum absolute atomic E-state index is 0.0527. The van der Waals surface area contributed by atoms with Gasteiger partial charge in [-0.15, -0.1) is 0 Å². The van der Waals surface area contributed by atoms with Gasteiger partial charge in [-0.05, 0) is 69.5 Å². The summed E-state index contributed by atoms with van der Waals surface area (Å²) in [6.45, 7) is 9.80. The summed E-state index contributed by atoms with van der Waals surface area (Å²) in [4.78, 5) is 26.5. The molecule has 0 heterocycles. The maximum Gasteiger partial charge on any atom is 0.194 e. The van der Waals surface area contributed by atoms with Gasteiger partial charge in [-0.25, -0.2) is 0 Å². The number of carbonyl (C=O) groups is 1. The highest BCUT2D eigenvalue weighted by atomic mass is 31.1. The SMILES string of the molecule is Cc1cc(C)c(C(=O)c2c(C)cc(C)cc2C=[P+]([O-])c2cccc(O)c2)c(C)c1. The zero-order valence-corrected chi connectivity index (χ0v) is 18.3. The van der Waals surface area contributed by atoms with E-state index < -0.39 is 7.77 Å². The van der Waals surface area contributed by atoms with Gasteiger partial charge in [0.1, 0.15) is 16.9 Å². The molecule has 4 heteroatoms. The van der Waals surface area contributed by atoms with Crippen LogP contribution in [0.4, 0.5) is 0 Å². The molecule has 3 aromatic carbocycles. The van der Waals surface area contributed by atoms with E-state index in [1.165, 1.54) is 6.07 Å². The number of aryl methyl sites for hydroxylation is 5. The number of hydrogen-bond acceptors (Lipinski definition) is 3. The second-order valence-corrected chi connectivity index (χ2v) is 9.05. The van der Waals surface area contributed by atoms with Crippen molar-refractivity contribution in [3.05, 3.63) is 93.0 Å². The van der Waals surface area contributed by atoms with Gasteiger partial charge in [-0.1, -0.05) is 35.4 Å². The van der Waals surface area contributed by atoms with Gasteiger partial charge in [0.05, 0.1) is 7.77 Å². The first-order valence-corrected chi connectivity index (χ1v) is 10.8. The molecule has 0 aliphatic rings. The van der Waals surface area contributed by atoms with Crippen molar-refractivity contribution < 1.29 is 14.8 Å². The fourth-order valence-corrected chi connectivity index (χ4v) is 5.00. The van der Waals surface area contributed by atoms with Gasteiger partial charge < -0.3 is 10.00 Å². The van der Waals surface area contributed by atoms with Gasteiger partial charge in [0.15, 0.2) is 5.78 Å². The Balaban J connectivity index is 2.19. The highest BCUT2D eigenvalue weighted by molar-refractivity contribution is 7.58. The molecule has 0 radical (unpaired) electrons. The van der Waals surface area contributed by atoms with Crippen molar-refractivity contribution in [2.24, 2.45) is 0 Å². The summed E-state index contributed by atoms with van der Waals surface area (Å²) in [5.41, 5.74) is 6.81. The summed E-state index contributed by atoms with van der Waals surface area (Å²) in [6.07, 6.45) is 0. The summed E-state index contributed by atoms with van der Waals surface area (Å²) in [6, 6.07) is 14.3. The minimum atomic E-state index is -1.91. The summed E-state index contributed by atoms with van der Waals surface area (Å²) in [7, 11) is -1.91. The van der Waals surface area contributed by atoms with Gasteiger partial charge in [0.2, 0.25) is 0 Å². The maximum absolute atomic E-state index is 13.6. The van der Waals surface area contributed by atoms with Gasteiger partial charge >= 0.3 is 0 Å². The number of benzene rings is 3. The Labute approximate surface area is 173 Å². The van der Waals surface area contributed by atoms with Gasteiger partial charge in [0.25, 0.3) is 0 Å². The predicted octanol–water partition coefficient (Wildman–Crippen LogP) is 4.40. The van der Waals surface area contributed by atoms with E-state index in [1.807, 2.05) is 58.9 Å². The summed E-state index contributed by atoms with van der Waals surface area (Å²) >= 11 is 0. The molecule has 0 aliphatic heterocycles. The first-order valence-electron chi connectivity index (χ1n) is 9.51. The van der Waals surface area contributed by atoms with Gasteiger partial charge in [-0.3, -0.25) is 4.79 Å². The molecule has 29 heavy (non-hydrogen) atoms. The number of hydrogen-bond donors (Lipinski definition) is 1. The zero-order valence-electron chi connectivity index (χ0n) is 17.4. The second kappa shape index (κ2) is 8.32. The predicted molar refractivity (Wildman–Crippen MR) is 120 cm³/mol. The molecule has 0 spiro atoms. The van der Waals surface area contributed by atoms with Crippen LogP contribution in [0.15, 0.2) is 48.5 Å². The van der Waals surface area contributed by atoms with Crippen molar-refractivity contribution >= 4 is 24.7 Å². The molecule has 1 unspecified atom stereocenters. The maximum atomic E-state index is 13.6. The lowest BCUT2D eigenvalue weighted by Gasteiger charge is -2.15. The molecule has 0 fully saturated rings. The summed E-state index contributed by atoms with van der Waals surface area (Å²) in [5, 5.41) is 10.2. The van der Waals surface area contributed by atoms with E-state index in [1.54, 1.807) is 24.0 Å². The number of phenols is 1. The van der Waals surface area contributed by atoms with Crippen LogP contribution in [0.25, 0.3) is 0 Å². The second-order valence-electron chi connectivity index (χ2n) is 7.62. The number of phenolic OH excluding ortho intramolecular Hbond substituents is 1. The molecule has 0 aliphatic carbocycles. The lowest BCUT2D eigenvalue weighted by atomic mass is 9.88. The van der Waals surface area contributed by atoms with E-state index in [0.29, 0.717) is 22.0 Å². The molecule has 0 aromatic heterocycles. The molecular weight excluding hydrogens is 379 g/mol. The lowest BCUT2D eigenvalue weighted by molar-refractivity contribution is -0.149. The minimum Gasteiger partial charge on any atom is -0.626 e. The van der Waals surface area contributed by atoms with Crippen LogP contribution in [0.5, 0.6) is 5.75 Å². The van der Waals surface area contributed by atoms with Crippen molar-refractivity contribution in [3.8, 4) is 5.75 Å². The molecule has 1 atom stereocenters. The highest BCUT2D eigenvalue weighted by Gasteiger charge is 2.21. The van der Waals surface area contributed by atoms with E-state index in [0.717, 1.165) is 27.8 Å². The smallest absolute Gasteiger partial charge is 0.194 e. The van der Waals surface area contributed by atoms with Crippen LogP contribution >= 0.6 is 7.77 Å². The van der Waals surface area contributed by atoms with Gasteiger partial charge in [-0.2, -0.15) is 0 Å². The Hall–Kier alpha value is -2.74. The Morgan fingerprint density at radius 3 is 2.00 bits per heavy atom. The number of carbonyl (C=O) groups excluding carboxylic acids is 1. The zero-order chi connectivity index (χ0) is 21.3. The van der Waals surface area contributed by atoms with Crippen LogP contribution in [-0.4, -0.2) is 16.7 Å². The Morgan fingerprint density at radius 2 is 1.41 bits per heavy atom. The Bertz CT molecular complexity index is 1120. The molecule has 3 nitrogen and oxygen atoms in total. The average molecular weight is 404 g/mol.